The molecule has 0 saturated carbocycles. The van der Waals surface area contributed by atoms with E-state index in [1.165, 1.54) is 0 Å². The van der Waals surface area contributed by atoms with Crippen LogP contribution in [-0.4, -0.2) is 24.3 Å². The van der Waals surface area contributed by atoms with E-state index in [1.54, 1.807) is 20.8 Å². The highest BCUT2D eigenvalue weighted by molar-refractivity contribution is 7.86. The van der Waals surface area contributed by atoms with Crippen LogP contribution in [0.5, 0.6) is 0 Å². The highest BCUT2D eigenvalue weighted by Crippen LogP contribution is 2.13. The summed E-state index contributed by atoms with van der Waals surface area (Å²) in [5, 5.41) is -0.859. The molecule has 0 radical (unpaired) electrons. The Morgan fingerprint density at radius 1 is 1.27 bits per heavy atom. The molecule has 5 heteroatoms. The van der Waals surface area contributed by atoms with Crippen LogP contribution in [-0.2, 0) is 10.1 Å². The number of nitrogens with two attached hydrogens (primary N) is 1. The van der Waals surface area contributed by atoms with Crippen molar-refractivity contribution in [2.45, 2.75) is 32.1 Å². The van der Waals surface area contributed by atoms with Gasteiger partial charge in [0, 0.05) is 6.04 Å². The smallest absolute Gasteiger partial charge is 0.269 e. The Hall–Kier alpha value is -0.130. The third-order valence-electron chi connectivity index (χ3n) is 1.52. The van der Waals surface area contributed by atoms with Crippen molar-refractivity contribution in [3.8, 4) is 0 Å². The van der Waals surface area contributed by atoms with Crippen molar-refractivity contribution in [3.05, 3.63) is 0 Å². The van der Waals surface area contributed by atoms with Gasteiger partial charge in [-0.25, -0.2) is 0 Å². The maximum atomic E-state index is 10.7. The van der Waals surface area contributed by atoms with Crippen LogP contribution < -0.4 is 5.73 Å². The quantitative estimate of drug-likeness (QED) is 0.611. The van der Waals surface area contributed by atoms with E-state index >= 15 is 0 Å². The molecule has 4 nitrogen and oxygen atoms in total. The van der Waals surface area contributed by atoms with E-state index in [2.05, 4.69) is 0 Å². The molecule has 0 aliphatic rings. The largest absolute Gasteiger partial charge is 0.327 e. The molecule has 0 bridgehead atoms. The van der Waals surface area contributed by atoms with E-state index in [0.717, 1.165) is 0 Å². The molecule has 0 rings (SSSR count). The van der Waals surface area contributed by atoms with Crippen LogP contribution in [0.4, 0.5) is 0 Å². The Balaban J connectivity index is 4.64. The van der Waals surface area contributed by atoms with Crippen molar-refractivity contribution >= 4 is 10.1 Å². The predicted octanol–water partition coefficient (Wildman–Crippen LogP) is 0.246. The zero-order valence-electron chi connectivity index (χ0n) is 6.98. The fourth-order valence-electron chi connectivity index (χ4n) is 1.22. The molecule has 68 valence electrons. The minimum Gasteiger partial charge on any atom is -0.327 e. The predicted molar refractivity (Wildman–Crippen MR) is 43.8 cm³/mol. The minimum atomic E-state index is -3.99. The zero-order valence-corrected chi connectivity index (χ0v) is 7.80. The molecule has 0 aliphatic carbocycles. The van der Waals surface area contributed by atoms with E-state index in [1.807, 2.05) is 0 Å². The topological polar surface area (TPSA) is 80.4 Å². The molecule has 0 fully saturated rings. The molecule has 0 spiro atoms. The van der Waals surface area contributed by atoms with Crippen molar-refractivity contribution in [2.24, 2.45) is 11.7 Å². The van der Waals surface area contributed by atoms with Gasteiger partial charge in [0.05, 0.1) is 0 Å². The summed E-state index contributed by atoms with van der Waals surface area (Å²) < 4.78 is 30.1. The van der Waals surface area contributed by atoms with E-state index in [0.29, 0.717) is 0 Å². The lowest BCUT2D eigenvalue weighted by Crippen LogP contribution is -2.41. The highest BCUT2D eigenvalue weighted by Gasteiger charge is 2.29. The maximum Gasteiger partial charge on any atom is 0.269 e. The summed E-state index contributed by atoms with van der Waals surface area (Å²) in [6.45, 7) is 4.99. The van der Waals surface area contributed by atoms with Gasteiger partial charge in [-0.1, -0.05) is 13.8 Å². The Morgan fingerprint density at radius 2 is 1.64 bits per heavy atom. The van der Waals surface area contributed by atoms with E-state index < -0.39 is 21.4 Å². The normalized spacial score (nSPS) is 18.4. The molecule has 2 atom stereocenters. The Morgan fingerprint density at radius 3 is 1.64 bits per heavy atom. The van der Waals surface area contributed by atoms with Gasteiger partial charge in [0.25, 0.3) is 10.1 Å². The van der Waals surface area contributed by atoms with E-state index in [9.17, 15) is 8.42 Å². The first kappa shape index (κ1) is 10.9. The van der Waals surface area contributed by atoms with Gasteiger partial charge in [-0.05, 0) is 12.8 Å². The number of hydrogen-bond donors (Lipinski definition) is 2. The van der Waals surface area contributed by atoms with Crippen molar-refractivity contribution in [2.75, 3.05) is 0 Å². The van der Waals surface area contributed by atoms with Crippen molar-refractivity contribution in [1.29, 1.82) is 0 Å². The Bertz CT molecular complexity index is 200. The van der Waals surface area contributed by atoms with Gasteiger partial charge < -0.3 is 5.73 Å². The maximum absolute atomic E-state index is 10.7. The second-order valence-corrected chi connectivity index (χ2v) is 4.66. The molecule has 0 aromatic rings. The summed E-state index contributed by atoms with van der Waals surface area (Å²) in [7, 11) is -3.99. The molecule has 0 aromatic carbocycles. The van der Waals surface area contributed by atoms with Crippen LogP contribution in [0.25, 0.3) is 0 Å². The lowest BCUT2D eigenvalue weighted by Gasteiger charge is -2.20. The van der Waals surface area contributed by atoms with Gasteiger partial charge in [0.2, 0.25) is 0 Å². The summed E-state index contributed by atoms with van der Waals surface area (Å²) in [5.41, 5.74) is 5.38. The lowest BCUT2D eigenvalue weighted by atomic mass is 10.1. The average Bonchev–Trinajstić information content (AvgIpc) is 1.54. The molecular weight excluding hydrogens is 166 g/mol. The first-order chi connectivity index (χ1) is 4.76. The van der Waals surface area contributed by atoms with Crippen molar-refractivity contribution in [3.63, 3.8) is 0 Å². The van der Waals surface area contributed by atoms with E-state index in [4.69, 9.17) is 10.3 Å². The molecule has 0 saturated heterocycles. The first-order valence-corrected chi connectivity index (χ1v) is 4.99. The monoisotopic (exact) mass is 181 g/mol. The highest BCUT2D eigenvalue weighted by atomic mass is 32.2. The molecule has 2 unspecified atom stereocenters. The Kier molecular flexibility index (Phi) is 3.47. The first-order valence-electron chi connectivity index (χ1n) is 3.48. The van der Waals surface area contributed by atoms with Crippen LogP contribution in [0.3, 0.4) is 0 Å². The summed E-state index contributed by atoms with van der Waals surface area (Å²) in [6.07, 6.45) is 0. The molecule has 0 aromatic heterocycles. The number of hydrogen-bond acceptors (Lipinski definition) is 3. The standard InChI is InChI=1S/C6H15NO3S/c1-4(2)6(5(3)7)11(8,9)10/h4-6H,7H2,1-3H3,(H,8,9,10). The Labute approximate surface area is 67.5 Å². The van der Waals surface area contributed by atoms with Crippen LogP contribution in [0, 0.1) is 5.92 Å². The lowest BCUT2D eigenvalue weighted by molar-refractivity contribution is 0.421. The van der Waals surface area contributed by atoms with Crippen molar-refractivity contribution < 1.29 is 13.0 Å². The molecule has 3 N–H and O–H groups in total. The fourth-order valence-corrected chi connectivity index (χ4v) is 2.45. The van der Waals surface area contributed by atoms with Crippen LogP contribution >= 0.6 is 0 Å². The van der Waals surface area contributed by atoms with E-state index in [-0.39, 0.29) is 5.92 Å². The molecule has 0 aliphatic heterocycles. The second-order valence-electron chi connectivity index (χ2n) is 3.08. The summed E-state index contributed by atoms with van der Waals surface area (Å²) in [6, 6.07) is -0.537. The third-order valence-corrected chi connectivity index (χ3v) is 3.18. The molecule has 0 amide bonds. The van der Waals surface area contributed by atoms with Gasteiger partial charge >= 0.3 is 0 Å². The fraction of sp³-hybridized carbons (Fsp3) is 1.00. The van der Waals surface area contributed by atoms with Gasteiger partial charge in [-0.15, -0.1) is 0 Å². The summed E-state index contributed by atoms with van der Waals surface area (Å²) >= 11 is 0. The van der Waals surface area contributed by atoms with Gasteiger partial charge in [-0.3, -0.25) is 4.55 Å². The van der Waals surface area contributed by atoms with Crippen LogP contribution in [0.1, 0.15) is 20.8 Å². The van der Waals surface area contributed by atoms with Crippen LogP contribution in [0.2, 0.25) is 0 Å². The summed E-state index contributed by atoms with van der Waals surface area (Å²) in [4.78, 5) is 0. The molecular formula is C6H15NO3S. The summed E-state index contributed by atoms with van der Waals surface area (Å²) in [5.74, 6) is -0.162. The third kappa shape index (κ3) is 3.18. The SMILES string of the molecule is CC(C)C(C(C)N)S(=O)(=O)O. The van der Waals surface area contributed by atoms with Gasteiger partial charge in [0.1, 0.15) is 5.25 Å². The molecule has 11 heavy (non-hydrogen) atoms. The van der Waals surface area contributed by atoms with Crippen LogP contribution in [0.15, 0.2) is 0 Å². The number of rotatable bonds is 3. The minimum absolute atomic E-state index is 0.162. The van der Waals surface area contributed by atoms with Gasteiger partial charge in [0.15, 0.2) is 0 Å². The zero-order chi connectivity index (χ0) is 9.23. The molecule has 0 heterocycles. The average molecular weight is 181 g/mol. The van der Waals surface area contributed by atoms with Gasteiger partial charge in [-0.2, -0.15) is 8.42 Å². The van der Waals surface area contributed by atoms with Crippen molar-refractivity contribution in [1.82, 2.24) is 0 Å². The second kappa shape index (κ2) is 3.51.